The maximum absolute atomic E-state index is 11.9. The molecule has 0 aliphatic heterocycles. The molecule has 0 heterocycles. The predicted octanol–water partition coefficient (Wildman–Crippen LogP) is 2.61. The Morgan fingerprint density at radius 1 is 1.53 bits per heavy atom. The minimum Gasteiger partial charge on any atom is -0.397 e. The van der Waals surface area contributed by atoms with Gasteiger partial charge in [0.25, 0.3) is 0 Å². The molecule has 106 valence electrons. The van der Waals surface area contributed by atoms with Crippen molar-refractivity contribution in [2.75, 3.05) is 23.4 Å². The van der Waals surface area contributed by atoms with Crippen LogP contribution in [0.1, 0.15) is 13.8 Å². The number of aliphatic hydroxyl groups excluding tert-OH is 1. The highest BCUT2D eigenvalue weighted by atomic mass is 35.5. The van der Waals surface area contributed by atoms with Crippen LogP contribution in [0.15, 0.2) is 18.2 Å². The van der Waals surface area contributed by atoms with Crippen LogP contribution >= 0.6 is 23.4 Å². The molecule has 0 fully saturated rings. The van der Waals surface area contributed by atoms with Gasteiger partial charge in [0.15, 0.2) is 0 Å². The zero-order valence-electron chi connectivity index (χ0n) is 11.0. The van der Waals surface area contributed by atoms with E-state index in [1.54, 1.807) is 18.2 Å². The summed E-state index contributed by atoms with van der Waals surface area (Å²) in [5, 5.41) is 12.0. The first-order chi connectivity index (χ1) is 8.93. The number of thioether (sulfide) groups is 1. The average Bonchev–Trinajstić information content (AvgIpc) is 2.39. The van der Waals surface area contributed by atoms with E-state index in [0.717, 1.165) is 5.75 Å². The van der Waals surface area contributed by atoms with Gasteiger partial charge in [0.05, 0.1) is 16.0 Å². The minimum absolute atomic E-state index is 0.0862. The lowest BCUT2D eigenvalue weighted by Crippen LogP contribution is -2.23. The molecule has 4 nitrogen and oxygen atoms in total. The molecular formula is C13H19ClN2O2S. The van der Waals surface area contributed by atoms with E-state index in [1.807, 2.05) is 13.8 Å². The molecule has 1 aromatic rings. The second-order valence-corrected chi connectivity index (χ2v) is 6.27. The number of amides is 1. The Morgan fingerprint density at radius 2 is 2.21 bits per heavy atom. The number of carbonyl (C=O) groups is 1. The van der Waals surface area contributed by atoms with Crippen LogP contribution in [0.3, 0.4) is 0 Å². The van der Waals surface area contributed by atoms with Crippen LogP contribution in [-0.4, -0.2) is 28.6 Å². The number of anilines is 2. The fraction of sp³-hybridized carbons (Fsp3) is 0.462. The third-order valence-corrected chi connectivity index (χ3v) is 4.39. The Bertz CT molecular complexity index is 443. The highest BCUT2D eigenvalue weighted by molar-refractivity contribution is 8.00. The van der Waals surface area contributed by atoms with Gasteiger partial charge < -0.3 is 16.2 Å². The van der Waals surface area contributed by atoms with Crippen molar-refractivity contribution in [3.8, 4) is 0 Å². The van der Waals surface area contributed by atoms with Crippen LogP contribution in [0, 0.1) is 5.92 Å². The Balaban J connectivity index is 2.51. The Kier molecular flexibility index (Phi) is 6.48. The SMILES string of the molecule is CC(CO)CSC(C)C(=O)Nc1ccc(Cl)c(N)c1. The summed E-state index contributed by atoms with van der Waals surface area (Å²) in [6.07, 6.45) is 0. The van der Waals surface area contributed by atoms with Crippen molar-refractivity contribution in [2.24, 2.45) is 5.92 Å². The second kappa shape index (κ2) is 7.62. The zero-order valence-corrected chi connectivity index (χ0v) is 12.6. The standard InChI is InChI=1S/C13H19ClN2O2S/c1-8(6-17)7-19-9(2)13(18)16-10-3-4-11(14)12(15)5-10/h3-5,8-9,17H,6-7,15H2,1-2H3,(H,16,18). The molecule has 0 aliphatic carbocycles. The number of nitrogens with two attached hydrogens (primary N) is 1. The van der Waals surface area contributed by atoms with Crippen molar-refractivity contribution in [1.29, 1.82) is 0 Å². The van der Waals surface area contributed by atoms with Gasteiger partial charge in [-0.3, -0.25) is 4.79 Å². The number of hydrogen-bond donors (Lipinski definition) is 3. The van der Waals surface area contributed by atoms with Gasteiger partial charge in [0, 0.05) is 12.3 Å². The largest absolute Gasteiger partial charge is 0.397 e. The molecule has 2 unspecified atom stereocenters. The number of nitrogens with one attached hydrogen (secondary N) is 1. The molecule has 0 bridgehead atoms. The first kappa shape index (κ1) is 16.1. The summed E-state index contributed by atoms with van der Waals surface area (Å²) in [5.41, 5.74) is 6.75. The quantitative estimate of drug-likeness (QED) is 0.706. The predicted molar refractivity (Wildman–Crippen MR) is 82.7 cm³/mol. The van der Waals surface area contributed by atoms with Gasteiger partial charge in [0.2, 0.25) is 5.91 Å². The van der Waals surface area contributed by atoms with Gasteiger partial charge in [0.1, 0.15) is 0 Å². The van der Waals surface area contributed by atoms with Gasteiger partial charge in [-0.15, -0.1) is 11.8 Å². The molecule has 0 saturated heterocycles. The molecule has 2 atom stereocenters. The minimum atomic E-state index is -0.189. The number of hydrogen-bond acceptors (Lipinski definition) is 4. The highest BCUT2D eigenvalue weighted by Gasteiger charge is 2.15. The lowest BCUT2D eigenvalue weighted by molar-refractivity contribution is -0.115. The lowest BCUT2D eigenvalue weighted by atomic mass is 10.2. The fourth-order valence-electron chi connectivity index (χ4n) is 1.30. The summed E-state index contributed by atoms with van der Waals surface area (Å²) in [7, 11) is 0. The molecule has 1 amide bonds. The third kappa shape index (κ3) is 5.30. The fourth-order valence-corrected chi connectivity index (χ4v) is 2.35. The van der Waals surface area contributed by atoms with Gasteiger partial charge >= 0.3 is 0 Å². The summed E-state index contributed by atoms with van der Waals surface area (Å²) in [5.74, 6) is 0.844. The summed E-state index contributed by atoms with van der Waals surface area (Å²) in [6, 6.07) is 5.00. The van der Waals surface area contributed by atoms with Crippen molar-refractivity contribution < 1.29 is 9.90 Å². The van der Waals surface area contributed by atoms with E-state index >= 15 is 0 Å². The highest BCUT2D eigenvalue weighted by Crippen LogP contribution is 2.23. The molecule has 0 radical (unpaired) electrons. The normalized spacial score (nSPS) is 13.9. The van der Waals surface area contributed by atoms with Crippen molar-refractivity contribution in [3.05, 3.63) is 23.2 Å². The Labute approximate surface area is 122 Å². The van der Waals surface area contributed by atoms with E-state index in [4.69, 9.17) is 22.4 Å². The van der Waals surface area contributed by atoms with Crippen LogP contribution < -0.4 is 11.1 Å². The number of carbonyl (C=O) groups excluding carboxylic acids is 1. The molecule has 19 heavy (non-hydrogen) atoms. The van der Waals surface area contributed by atoms with Gasteiger partial charge in [-0.1, -0.05) is 18.5 Å². The number of aliphatic hydroxyl groups is 1. The molecule has 0 spiro atoms. The maximum atomic E-state index is 11.9. The monoisotopic (exact) mass is 302 g/mol. The molecule has 6 heteroatoms. The smallest absolute Gasteiger partial charge is 0.237 e. The van der Waals surface area contributed by atoms with E-state index < -0.39 is 0 Å². The number of rotatable bonds is 6. The zero-order chi connectivity index (χ0) is 14.4. The van der Waals surface area contributed by atoms with E-state index in [-0.39, 0.29) is 23.7 Å². The van der Waals surface area contributed by atoms with Crippen LogP contribution in [0.4, 0.5) is 11.4 Å². The topological polar surface area (TPSA) is 75.3 Å². The number of halogens is 1. The van der Waals surface area contributed by atoms with Crippen molar-refractivity contribution in [3.63, 3.8) is 0 Å². The summed E-state index contributed by atoms with van der Waals surface area (Å²) in [4.78, 5) is 11.9. The number of nitrogen functional groups attached to an aromatic ring is 1. The van der Waals surface area contributed by atoms with E-state index in [2.05, 4.69) is 5.32 Å². The van der Waals surface area contributed by atoms with Crippen LogP contribution in [0.5, 0.6) is 0 Å². The molecule has 0 saturated carbocycles. The Morgan fingerprint density at radius 3 is 2.79 bits per heavy atom. The summed E-state index contributed by atoms with van der Waals surface area (Å²) < 4.78 is 0. The van der Waals surface area contributed by atoms with Crippen molar-refractivity contribution in [2.45, 2.75) is 19.1 Å². The van der Waals surface area contributed by atoms with Gasteiger partial charge in [-0.2, -0.15) is 0 Å². The average molecular weight is 303 g/mol. The molecule has 1 aromatic carbocycles. The Hall–Kier alpha value is -0.910. The van der Waals surface area contributed by atoms with Gasteiger partial charge in [-0.25, -0.2) is 0 Å². The van der Waals surface area contributed by atoms with Crippen LogP contribution in [0.2, 0.25) is 5.02 Å². The van der Waals surface area contributed by atoms with Crippen LogP contribution in [0.25, 0.3) is 0 Å². The first-order valence-corrected chi connectivity index (χ1v) is 7.45. The summed E-state index contributed by atoms with van der Waals surface area (Å²) in [6.45, 7) is 3.91. The van der Waals surface area contributed by atoms with Crippen molar-refractivity contribution in [1.82, 2.24) is 0 Å². The molecule has 0 aliphatic rings. The molecular weight excluding hydrogens is 284 g/mol. The maximum Gasteiger partial charge on any atom is 0.237 e. The first-order valence-electron chi connectivity index (χ1n) is 6.02. The number of benzene rings is 1. The molecule has 0 aromatic heterocycles. The van der Waals surface area contributed by atoms with Gasteiger partial charge in [-0.05, 0) is 36.8 Å². The second-order valence-electron chi connectivity index (χ2n) is 4.49. The van der Waals surface area contributed by atoms with Crippen LogP contribution in [-0.2, 0) is 4.79 Å². The third-order valence-electron chi connectivity index (χ3n) is 2.58. The van der Waals surface area contributed by atoms with E-state index in [1.165, 1.54) is 11.8 Å². The lowest BCUT2D eigenvalue weighted by Gasteiger charge is -2.14. The van der Waals surface area contributed by atoms with E-state index in [0.29, 0.717) is 16.4 Å². The molecule has 1 rings (SSSR count). The molecule has 4 N–H and O–H groups in total. The van der Waals surface area contributed by atoms with E-state index in [9.17, 15) is 4.79 Å². The van der Waals surface area contributed by atoms with Crippen molar-refractivity contribution >= 4 is 40.6 Å². The summed E-state index contributed by atoms with van der Waals surface area (Å²) >= 11 is 7.33.